The van der Waals surface area contributed by atoms with Crippen molar-refractivity contribution in [3.63, 3.8) is 0 Å². The molecule has 1 amide bonds. The molecule has 0 fully saturated rings. The number of nitrogens with one attached hydrogen (secondary N) is 1. The van der Waals surface area contributed by atoms with Crippen molar-refractivity contribution in [3.05, 3.63) is 29.8 Å². The van der Waals surface area contributed by atoms with E-state index in [4.69, 9.17) is 5.73 Å². The molecule has 0 aliphatic carbocycles. The second-order valence-electron chi connectivity index (χ2n) is 4.01. The molecule has 3 heteroatoms. The highest BCUT2D eigenvalue weighted by atomic mass is 16.1. The minimum absolute atomic E-state index is 0.0471. The summed E-state index contributed by atoms with van der Waals surface area (Å²) in [6, 6.07) is 7.61. The van der Waals surface area contributed by atoms with Crippen molar-refractivity contribution in [2.45, 2.75) is 26.8 Å². The van der Waals surface area contributed by atoms with Gasteiger partial charge in [0.2, 0.25) is 5.91 Å². The summed E-state index contributed by atoms with van der Waals surface area (Å²) < 4.78 is 0. The standard InChI is InChI=1S/C12H18N2O/c1-9(2)7-12(15)14-11-6-4-3-5-10(11)8-13/h3-6,9H,7-8,13H2,1-2H3,(H,14,15). The Morgan fingerprint density at radius 3 is 2.67 bits per heavy atom. The van der Waals surface area contributed by atoms with Crippen LogP contribution in [0.2, 0.25) is 0 Å². The van der Waals surface area contributed by atoms with Crippen molar-refractivity contribution in [3.8, 4) is 0 Å². The van der Waals surface area contributed by atoms with E-state index in [9.17, 15) is 4.79 Å². The first kappa shape index (κ1) is 11.7. The molecule has 1 aromatic rings. The maximum absolute atomic E-state index is 11.5. The molecule has 82 valence electrons. The second-order valence-corrected chi connectivity index (χ2v) is 4.01. The van der Waals surface area contributed by atoms with Crippen molar-refractivity contribution in [1.29, 1.82) is 0 Å². The summed E-state index contributed by atoms with van der Waals surface area (Å²) in [5, 5.41) is 2.87. The number of carbonyl (C=O) groups is 1. The molecule has 0 atom stereocenters. The molecular formula is C12H18N2O. The second kappa shape index (κ2) is 5.51. The molecule has 0 spiro atoms. The van der Waals surface area contributed by atoms with Gasteiger partial charge in [-0.2, -0.15) is 0 Å². The van der Waals surface area contributed by atoms with Crippen LogP contribution in [0.25, 0.3) is 0 Å². The maximum Gasteiger partial charge on any atom is 0.224 e. The largest absolute Gasteiger partial charge is 0.326 e. The number of amides is 1. The molecule has 1 aromatic carbocycles. The zero-order valence-electron chi connectivity index (χ0n) is 9.29. The third-order valence-corrected chi connectivity index (χ3v) is 2.11. The Kier molecular flexibility index (Phi) is 4.31. The number of hydrogen-bond acceptors (Lipinski definition) is 2. The molecule has 0 unspecified atom stereocenters. The third-order valence-electron chi connectivity index (χ3n) is 2.11. The van der Waals surface area contributed by atoms with Gasteiger partial charge < -0.3 is 11.1 Å². The van der Waals surface area contributed by atoms with Crippen molar-refractivity contribution in [2.75, 3.05) is 5.32 Å². The molecule has 3 N–H and O–H groups in total. The number of nitrogens with two attached hydrogens (primary N) is 1. The molecule has 1 rings (SSSR count). The average Bonchev–Trinajstić information content (AvgIpc) is 2.17. The van der Waals surface area contributed by atoms with Crippen molar-refractivity contribution >= 4 is 11.6 Å². The van der Waals surface area contributed by atoms with Gasteiger partial charge in [-0.1, -0.05) is 32.0 Å². The first-order chi connectivity index (χ1) is 7.13. The topological polar surface area (TPSA) is 55.1 Å². The van der Waals surface area contributed by atoms with Crippen LogP contribution in [0.3, 0.4) is 0 Å². The molecule has 0 saturated carbocycles. The van der Waals surface area contributed by atoms with Gasteiger partial charge in [0.1, 0.15) is 0 Å². The molecule has 0 bridgehead atoms. The molecule has 0 aliphatic rings. The third kappa shape index (κ3) is 3.72. The lowest BCUT2D eigenvalue weighted by Crippen LogP contribution is -2.15. The van der Waals surface area contributed by atoms with Crippen LogP contribution in [-0.4, -0.2) is 5.91 Å². The summed E-state index contributed by atoms with van der Waals surface area (Å²) in [5.41, 5.74) is 7.37. The van der Waals surface area contributed by atoms with Gasteiger partial charge in [0.15, 0.2) is 0 Å². The van der Waals surface area contributed by atoms with E-state index in [0.29, 0.717) is 18.9 Å². The van der Waals surface area contributed by atoms with Crippen molar-refractivity contribution in [1.82, 2.24) is 0 Å². The average molecular weight is 206 g/mol. The summed E-state index contributed by atoms with van der Waals surface area (Å²) in [5.74, 6) is 0.418. The Morgan fingerprint density at radius 1 is 1.40 bits per heavy atom. The zero-order valence-corrected chi connectivity index (χ0v) is 9.29. The molecule has 0 saturated heterocycles. The Balaban J connectivity index is 2.67. The van der Waals surface area contributed by atoms with Crippen LogP contribution in [0.5, 0.6) is 0 Å². The summed E-state index contributed by atoms with van der Waals surface area (Å²) in [4.78, 5) is 11.5. The van der Waals surface area contributed by atoms with Crippen molar-refractivity contribution in [2.24, 2.45) is 11.7 Å². The number of para-hydroxylation sites is 1. The quantitative estimate of drug-likeness (QED) is 0.793. The monoisotopic (exact) mass is 206 g/mol. The zero-order chi connectivity index (χ0) is 11.3. The van der Waals surface area contributed by atoms with Gasteiger partial charge in [-0.15, -0.1) is 0 Å². The van der Waals surface area contributed by atoms with E-state index in [2.05, 4.69) is 5.32 Å². The van der Waals surface area contributed by atoms with Gasteiger partial charge in [0.25, 0.3) is 0 Å². The highest BCUT2D eigenvalue weighted by Crippen LogP contribution is 2.15. The predicted octanol–water partition coefficient (Wildman–Crippen LogP) is 2.13. The molecule has 0 aromatic heterocycles. The summed E-state index contributed by atoms with van der Waals surface area (Å²) >= 11 is 0. The summed E-state index contributed by atoms with van der Waals surface area (Å²) in [7, 11) is 0. The predicted molar refractivity (Wildman–Crippen MR) is 62.4 cm³/mol. The normalized spacial score (nSPS) is 10.4. The fraction of sp³-hybridized carbons (Fsp3) is 0.417. The van der Waals surface area contributed by atoms with E-state index in [1.165, 1.54) is 0 Å². The lowest BCUT2D eigenvalue weighted by molar-refractivity contribution is -0.116. The number of hydrogen-bond donors (Lipinski definition) is 2. The van der Waals surface area contributed by atoms with Gasteiger partial charge in [-0.25, -0.2) is 0 Å². The fourth-order valence-corrected chi connectivity index (χ4v) is 1.39. The van der Waals surface area contributed by atoms with Crippen LogP contribution in [0.15, 0.2) is 24.3 Å². The van der Waals surface area contributed by atoms with Crippen molar-refractivity contribution < 1.29 is 4.79 Å². The lowest BCUT2D eigenvalue weighted by atomic mass is 10.1. The molecule has 0 radical (unpaired) electrons. The van der Waals surface area contributed by atoms with Crippen LogP contribution in [0, 0.1) is 5.92 Å². The van der Waals surface area contributed by atoms with E-state index < -0.39 is 0 Å². The Hall–Kier alpha value is -1.35. The van der Waals surface area contributed by atoms with E-state index in [1.807, 2.05) is 38.1 Å². The first-order valence-corrected chi connectivity index (χ1v) is 5.21. The Labute approximate surface area is 90.7 Å². The summed E-state index contributed by atoms with van der Waals surface area (Å²) in [6.07, 6.45) is 0.541. The highest BCUT2D eigenvalue weighted by Gasteiger charge is 2.07. The van der Waals surface area contributed by atoms with Gasteiger partial charge >= 0.3 is 0 Å². The molecule has 0 aliphatic heterocycles. The van der Waals surface area contributed by atoms with E-state index in [1.54, 1.807) is 0 Å². The number of benzene rings is 1. The molecule has 0 heterocycles. The van der Waals surface area contributed by atoms with Gasteiger partial charge in [-0.05, 0) is 17.5 Å². The molecule has 3 nitrogen and oxygen atoms in total. The SMILES string of the molecule is CC(C)CC(=O)Nc1ccccc1CN. The number of carbonyl (C=O) groups excluding carboxylic acids is 1. The van der Waals surface area contributed by atoms with Gasteiger partial charge in [0.05, 0.1) is 0 Å². The van der Waals surface area contributed by atoms with Crippen LogP contribution >= 0.6 is 0 Å². The maximum atomic E-state index is 11.5. The van der Waals surface area contributed by atoms with Gasteiger partial charge in [0, 0.05) is 18.7 Å². The molecule has 15 heavy (non-hydrogen) atoms. The Bertz CT molecular complexity index is 334. The summed E-state index contributed by atoms with van der Waals surface area (Å²) in [6.45, 7) is 4.49. The van der Waals surface area contributed by atoms with Crippen LogP contribution in [0.1, 0.15) is 25.8 Å². The minimum atomic E-state index is 0.0471. The smallest absolute Gasteiger partial charge is 0.224 e. The highest BCUT2D eigenvalue weighted by molar-refractivity contribution is 5.91. The fourth-order valence-electron chi connectivity index (χ4n) is 1.39. The van der Waals surface area contributed by atoms with E-state index >= 15 is 0 Å². The van der Waals surface area contributed by atoms with Crippen LogP contribution < -0.4 is 11.1 Å². The van der Waals surface area contributed by atoms with Crippen LogP contribution in [-0.2, 0) is 11.3 Å². The van der Waals surface area contributed by atoms with Crippen LogP contribution in [0.4, 0.5) is 5.69 Å². The number of anilines is 1. The molecular weight excluding hydrogens is 188 g/mol. The minimum Gasteiger partial charge on any atom is -0.326 e. The number of rotatable bonds is 4. The van der Waals surface area contributed by atoms with E-state index in [-0.39, 0.29) is 5.91 Å². The lowest BCUT2D eigenvalue weighted by Gasteiger charge is -2.10. The van der Waals surface area contributed by atoms with E-state index in [0.717, 1.165) is 11.3 Å². The first-order valence-electron chi connectivity index (χ1n) is 5.21. The Morgan fingerprint density at radius 2 is 2.07 bits per heavy atom. The van der Waals surface area contributed by atoms with Gasteiger partial charge in [-0.3, -0.25) is 4.79 Å².